The molecule has 5 nitrogen and oxygen atoms in total. The van der Waals surface area contributed by atoms with Gasteiger partial charge in [0.25, 0.3) is 0 Å². The van der Waals surface area contributed by atoms with E-state index in [0.717, 1.165) is 6.42 Å². The van der Waals surface area contributed by atoms with E-state index in [1.807, 2.05) is 32.9 Å². The van der Waals surface area contributed by atoms with Crippen LogP contribution in [0.15, 0.2) is 34.8 Å². The third kappa shape index (κ3) is 5.80. The van der Waals surface area contributed by atoms with Gasteiger partial charge < -0.3 is 14.5 Å². The zero-order valence-corrected chi connectivity index (χ0v) is 18.6. The molecular weight excluding hydrogens is 427 g/mol. The first-order valence-corrected chi connectivity index (χ1v) is 10.2. The molecule has 1 aromatic carbocycles. The normalized spacial score (nSPS) is 19.9. The van der Waals surface area contributed by atoms with E-state index in [9.17, 15) is 14.0 Å². The van der Waals surface area contributed by atoms with Gasteiger partial charge in [0.1, 0.15) is 11.4 Å². The molecule has 7 heteroatoms. The van der Waals surface area contributed by atoms with Gasteiger partial charge in [0.15, 0.2) is 0 Å². The van der Waals surface area contributed by atoms with Crippen LogP contribution in [-0.2, 0) is 9.53 Å². The van der Waals surface area contributed by atoms with Gasteiger partial charge in [0.05, 0.1) is 11.7 Å². The Balaban J connectivity index is 2.14. The summed E-state index contributed by atoms with van der Waals surface area (Å²) in [6.45, 7) is 9.98. The van der Waals surface area contributed by atoms with E-state index in [2.05, 4.69) is 22.9 Å². The number of hydrogen-bond acceptors (Lipinski definition) is 3. The average molecular weight is 455 g/mol. The number of carbonyl (C=O) groups excluding carboxylic acids is 2. The molecule has 1 aliphatic heterocycles. The summed E-state index contributed by atoms with van der Waals surface area (Å²) in [4.78, 5) is 27.8. The van der Waals surface area contributed by atoms with Crippen molar-refractivity contribution in [3.05, 3.63) is 40.6 Å². The van der Waals surface area contributed by atoms with E-state index in [-0.39, 0.29) is 30.5 Å². The summed E-state index contributed by atoms with van der Waals surface area (Å²) in [5.74, 6) is -0.316. The Kier molecular flexibility index (Phi) is 7.26. The van der Waals surface area contributed by atoms with Crippen LogP contribution in [0.5, 0.6) is 0 Å². The highest BCUT2D eigenvalue weighted by Gasteiger charge is 2.35. The molecule has 0 aliphatic carbocycles. The van der Waals surface area contributed by atoms with Crippen molar-refractivity contribution >= 4 is 33.6 Å². The van der Waals surface area contributed by atoms with Crippen molar-refractivity contribution in [2.24, 2.45) is 5.92 Å². The molecule has 0 radical (unpaired) electrons. The fraction of sp³-hybridized carbons (Fsp3) is 0.524. The summed E-state index contributed by atoms with van der Waals surface area (Å²) in [6, 6.07) is 4.14. The summed E-state index contributed by atoms with van der Waals surface area (Å²) in [7, 11) is 0. The minimum Gasteiger partial charge on any atom is -0.444 e. The number of carbonyl (C=O) groups is 2. The summed E-state index contributed by atoms with van der Waals surface area (Å²) in [5, 5.41) is 0. The van der Waals surface area contributed by atoms with Gasteiger partial charge >= 0.3 is 6.09 Å². The first-order valence-electron chi connectivity index (χ1n) is 9.39. The van der Waals surface area contributed by atoms with E-state index >= 15 is 0 Å². The number of amides is 2. The maximum Gasteiger partial charge on any atom is 0.410 e. The van der Waals surface area contributed by atoms with Crippen LogP contribution in [-0.4, -0.2) is 41.6 Å². The Morgan fingerprint density at radius 3 is 2.68 bits per heavy atom. The lowest BCUT2D eigenvalue weighted by atomic mass is 10.0. The molecule has 28 heavy (non-hydrogen) atoms. The number of benzene rings is 1. The third-order valence-corrected chi connectivity index (χ3v) is 5.27. The van der Waals surface area contributed by atoms with Crippen molar-refractivity contribution in [3.63, 3.8) is 0 Å². The number of nitrogens with zero attached hydrogens (tertiary/aromatic N) is 2. The van der Waals surface area contributed by atoms with Crippen LogP contribution in [0.1, 0.15) is 41.0 Å². The summed E-state index contributed by atoms with van der Waals surface area (Å²) >= 11 is 3.37. The molecule has 1 fully saturated rings. The van der Waals surface area contributed by atoms with Crippen LogP contribution in [0.3, 0.4) is 0 Å². The molecule has 1 aromatic rings. The lowest BCUT2D eigenvalue weighted by molar-refractivity contribution is -0.116. The largest absolute Gasteiger partial charge is 0.444 e. The number of halogens is 2. The molecule has 154 valence electrons. The van der Waals surface area contributed by atoms with Crippen molar-refractivity contribution in [1.82, 2.24) is 4.90 Å². The van der Waals surface area contributed by atoms with Gasteiger partial charge in [-0.1, -0.05) is 19.1 Å². The lowest BCUT2D eigenvalue weighted by Crippen LogP contribution is -2.40. The smallest absolute Gasteiger partial charge is 0.410 e. The molecule has 2 rings (SSSR count). The number of rotatable bonds is 4. The fourth-order valence-electron chi connectivity index (χ4n) is 3.19. The molecule has 2 atom stereocenters. The number of hydrogen-bond donors (Lipinski definition) is 0. The fourth-order valence-corrected chi connectivity index (χ4v) is 3.65. The monoisotopic (exact) mass is 454 g/mol. The Labute approximate surface area is 174 Å². The number of ether oxygens (including phenoxy) is 1. The highest BCUT2D eigenvalue weighted by atomic mass is 79.9. The first-order chi connectivity index (χ1) is 13.0. The Hall–Kier alpha value is -1.89. The summed E-state index contributed by atoms with van der Waals surface area (Å²) < 4.78 is 19.8. The quantitative estimate of drug-likeness (QED) is 0.591. The highest BCUT2D eigenvalue weighted by molar-refractivity contribution is 9.10. The van der Waals surface area contributed by atoms with Crippen LogP contribution < -0.4 is 4.90 Å². The minimum absolute atomic E-state index is 0.0976. The molecule has 0 bridgehead atoms. The van der Waals surface area contributed by atoms with Crippen LogP contribution in [0, 0.1) is 11.7 Å². The molecule has 1 saturated heterocycles. The highest BCUT2D eigenvalue weighted by Crippen LogP contribution is 2.29. The Morgan fingerprint density at radius 2 is 2.07 bits per heavy atom. The zero-order chi connectivity index (χ0) is 21.1. The molecule has 2 amide bonds. The van der Waals surface area contributed by atoms with Gasteiger partial charge in [0, 0.05) is 24.5 Å². The molecule has 0 N–H and O–H groups in total. The van der Waals surface area contributed by atoms with E-state index in [1.165, 1.54) is 24.0 Å². The standard InChI is InChI=1S/C21H28BrFN2O3/c1-14-10-12-25(20(27)28-21(3,4)5)18(14)7-6-11-24(15(2)26)19-13-16(23)8-9-17(19)22/h6-9,13-14,18H,10-12H2,1-5H3/b7-6+/t14-,18+/m0/s1. The van der Waals surface area contributed by atoms with E-state index in [0.29, 0.717) is 16.7 Å². The van der Waals surface area contributed by atoms with Crippen LogP contribution in [0.4, 0.5) is 14.9 Å². The van der Waals surface area contributed by atoms with Crippen molar-refractivity contribution in [2.45, 2.75) is 52.7 Å². The van der Waals surface area contributed by atoms with Gasteiger partial charge in [-0.2, -0.15) is 0 Å². The number of likely N-dealkylation sites (tertiary alicyclic amines) is 1. The maximum atomic E-state index is 13.6. The van der Waals surface area contributed by atoms with Crippen molar-refractivity contribution < 1.29 is 18.7 Å². The van der Waals surface area contributed by atoms with Gasteiger partial charge in [0.2, 0.25) is 5.91 Å². The summed E-state index contributed by atoms with van der Waals surface area (Å²) in [5.41, 5.74) is -0.0765. The van der Waals surface area contributed by atoms with Crippen LogP contribution in [0.25, 0.3) is 0 Å². The topological polar surface area (TPSA) is 49.9 Å². The van der Waals surface area contributed by atoms with E-state index < -0.39 is 11.4 Å². The molecule has 0 spiro atoms. The second-order valence-electron chi connectivity index (χ2n) is 8.08. The summed E-state index contributed by atoms with van der Waals surface area (Å²) in [6.07, 6.45) is 4.34. The average Bonchev–Trinajstić information content (AvgIpc) is 2.93. The second-order valence-corrected chi connectivity index (χ2v) is 8.94. The van der Waals surface area contributed by atoms with E-state index in [4.69, 9.17) is 4.74 Å². The number of anilines is 1. The molecule has 0 aromatic heterocycles. The molecule has 0 saturated carbocycles. The predicted molar refractivity (Wildman–Crippen MR) is 112 cm³/mol. The minimum atomic E-state index is -0.549. The molecular formula is C21H28BrFN2O3. The lowest BCUT2D eigenvalue weighted by Gasteiger charge is -2.28. The molecule has 1 aliphatic rings. The van der Waals surface area contributed by atoms with Crippen molar-refractivity contribution in [1.29, 1.82) is 0 Å². The van der Waals surface area contributed by atoms with Gasteiger partial charge in [-0.05, 0) is 67.2 Å². The Bertz CT molecular complexity index is 761. The van der Waals surface area contributed by atoms with Gasteiger partial charge in [-0.3, -0.25) is 4.79 Å². The predicted octanol–water partition coefficient (Wildman–Crippen LogP) is 5.14. The van der Waals surface area contributed by atoms with E-state index in [1.54, 1.807) is 11.0 Å². The zero-order valence-electron chi connectivity index (χ0n) is 17.0. The molecule has 1 heterocycles. The SMILES string of the molecule is CC(=O)N(C/C=C/[C@@H]1[C@@H](C)CCN1C(=O)OC(C)(C)C)c1cc(F)ccc1Br. The van der Waals surface area contributed by atoms with Crippen LogP contribution in [0.2, 0.25) is 0 Å². The third-order valence-electron chi connectivity index (χ3n) is 4.60. The van der Waals surface area contributed by atoms with Crippen molar-refractivity contribution in [3.8, 4) is 0 Å². The molecule has 0 unspecified atom stereocenters. The van der Waals surface area contributed by atoms with Crippen molar-refractivity contribution in [2.75, 3.05) is 18.0 Å². The Morgan fingerprint density at radius 1 is 1.39 bits per heavy atom. The van der Waals surface area contributed by atoms with Gasteiger partial charge in [-0.25, -0.2) is 9.18 Å². The second kappa shape index (κ2) is 9.07. The maximum absolute atomic E-state index is 13.6. The van der Waals surface area contributed by atoms with Gasteiger partial charge in [-0.15, -0.1) is 0 Å². The van der Waals surface area contributed by atoms with Crippen LogP contribution >= 0.6 is 15.9 Å². The first kappa shape index (κ1) is 22.4.